The highest BCUT2D eigenvalue weighted by Gasteiger charge is 2.11. The van der Waals surface area contributed by atoms with Crippen molar-refractivity contribution in [3.63, 3.8) is 0 Å². The number of hydrogen-bond donors (Lipinski definition) is 1. The molecule has 1 N–H and O–H groups in total. The molecule has 0 saturated heterocycles. The molecule has 1 aromatic heterocycles. The van der Waals surface area contributed by atoms with Gasteiger partial charge in [0.25, 0.3) is 5.22 Å². The second kappa shape index (κ2) is 7.51. The Kier molecular flexibility index (Phi) is 5.17. The Morgan fingerprint density at radius 1 is 1.21 bits per heavy atom. The second-order valence-electron chi connectivity index (χ2n) is 4.81. The third-order valence-electron chi connectivity index (χ3n) is 3.09. The molecule has 0 radical (unpaired) electrons. The Labute approximate surface area is 147 Å². The lowest BCUT2D eigenvalue weighted by Gasteiger charge is -2.05. The van der Waals surface area contributed by atoms with E-state index in [0.717, 1.165) is 5.56 Å². The number of aromatic nitrogens is 1. The lowest BCUT2D eigenvalue weighted by atomic mass is 10.2. The third kappa shape index (κ3) is 4.15. The summed E-state index contributed by atoms with van der Waals surface area (Å²) < 4.78 is 18.5. The van der Waals surface area contributed by atoms with Crippen LogP contribution in [0.25, 0.3) is 11.3 Å². The number of carbonyl (C=O) groups is 1. The molecule has 0 unspecified atom stereocenters. The Morgan fingerprint density at radius 2 is 1.96 bits per heavy atom. The Morgan fingerprint density at radius 3 is 2.71 bits per heavy atom. The normalized spacial score (nSPS) is 10.6. The van der Waals surface area contributed by atoms with E-state index in [0.29, 0.717) is 21.7 Å². The molecule has 0 spiro atoms. The highest BCUT2D eigenvalue weighted by molar-refractivity contribution is 7.99. The molecule has 4 nitrogen and oxygen atoms in total. The first-order valence-corrected chi connectivity index (χ1v) is 8.37. The van der Waals surface area contributed by atoms with Crippen LogP contribution in [0, 0.1) is 5.82 Å². The van der Waals surface area contributed by atoms with Crippen LogP contribution >= 0.6 is 23.4 Å². The van der Waals surface area contributed by atoms with Gasteiger partial charge in [-0.15, -0.1) is 0 Å². The number of hydrogen-bond acceptors (Lipinski definition) is 4. The van der Waals surface area contributed by atoms with Crippen LogP contribution in [-0.2, 0) is 4.79 Å². The van der Waals surface area contributed by atoms with Crippen molar-refractivity contribution in [2.75, 3.05) is 11.1 Å². The number of benzene rings is 2. The van der Waals surface area contributed by atoms with Crippen LogP contribution in [0.15, 0.2) is 64.4 Å². The molecule has 0 aliphatic carbocycles. The molecule has 0 saturated carbocycles. The Hall–Kier alpha value is -2.31. The van der Waals surface area contributed by atoms with Crippen molar-refractivity contribution >= 4 is 35.0 Å². The summed E-state index contributed by atoms with van der Waals surface area (Å²) in [5.41, 5.74) is 1.28. The van der Waals surface area contributed by atoms with E-state index >= 15 is 0 Å². The summed E-state index contributed by atoms with van der Waals surface area (Å²) in [7, 11) is 0. The van der Waals surface area contributed by atoms with Gasteiger partial charge in [0.15, 0.2) is 5.76 Å². The fourth-order valence-corrected chi connectivity index (χ4v) is 2.73. The first-order valence-electron chi connectivity index (χ1n) is 7.01. The number of para-hydroxylation sites is 1. The van der Waals surface area contributed by atoms with Gasteiger partial charge in [0.2, 0.25) is 5.91 Å². The van der Waals surface area contributed by atoms with Gasteiger partial charge in [-0.2, -0.15) is 0 Å². The molecule has 7 heteroatoms. The van der Waals surface area contributed by atoms with E-state index < -0.39 is 0 Å². The first-order chi connectivity index (χ1) is 11.6. The van der Waals surface area contributed by atoms with Gasteiger partial charge in [-0.05, 0) is 36.4 Å². The number of thioether (sulfide) groups is 1. The first kappa shape index (κ1) is 16.5. The fraction of sp³-hybridized carbons (Fsp3) is 0.0588. The molecule has 0 aliphatic heterocycles. The maximum atomic E-state index is 12.9. The summed E-state index contributed by atoms with van der Waals surface area (Å²) in [6, 6.07) is 12.9. The maximum Gasteiger partial charge on any atom is 0.256 e. The summed E-state index contributed by atoms with van der Waals surface area (Å²) in [4.78, 5) is 16.1. The van der Waals surface area contributed by atoms with E-state index in [4.69, 9.17) is 16.0 Å². The minimum absolute atomic E-state index is 0.134. The fourth-order valence-electron chi connectivity index (χ4n) is 1.95. The minimum atomic E-state index is -0.316. The van der Waals surface area contributed by atoms with Crippen LogP contribution in [0.4, 0.5) is 10.1 Å². The second-order valence-corrected chi connectivity index (χ2v) is 6.15. The zero-order chi connectivity index (χ0) is 16.9. The minimum Gasteiger partial charge on any atom is -0.431 e. The summed E-state index contributed by atoms with van der Waals surface area (Å²) in [5.74, 6) is 0.122. The Bertz CT molecular complexity index is 852. The van der Waals surface area contributed by atoms with Crippen LogP contribution < -0.4 is 5.32 Å². The molecule has 3 rings (SSSR count). The largest absolute Gasteiger partial charge is 0.431 e. The van der Waals surface area contributed by atoms with Crippen molar-refractivity contribution in [1.82, 2.24) is 4.98 Å². The van der Waals surface area contributed by atoms with Crippen molar-refractivity contribution in [1.29, 1.82) is 0 Å². The lowest BCUT2D eigenvalue weighted by Crippen LogP contribution is -2.14. The molecule has 0 atom stereocenters. The van der Waals surface area contributed by atoms with E-state index in [9.17, 15) is 9.18 Å². The van der Waals surface area contributed by atoms with Gasteiger partial charge in [0.1, 0.15) is 5.82 Å². The van der Waals surface area contributed by atoms with E-state index in [2.05, 4.69) is 10.3 Å². The zero-order valence-electron chi connectivity index (χ0n) is 12.3. The lowest BCUT2D eigenvalue weighted by molar-refractivity contribution is -0.113. The topological polar surface area (TPSA) is 55.1 Å². The SMILES string of the molecule is O=C(CSc1ncc(-c2ccc(F)cc2)o1)Nc1ccccc1Cl. The van der Waals surface area contributed by atoms with Crippen LogP contribution in [0.5, 0.6) is 0 Å². The average Bonchev–Trinajstić information content (AvgIpc) is 3.05. The van der Waals surface area contributed by atoms with Crippen molar-refractivity contribution < 1.29 is 13.6 Å². The van der Waals surface area contributed by atoms with E-state index in [-0.39, 0.29) is 17.5 Å². The molecule has 2 aromatic carbocycles. The van der Waals surface area contributed by atoms with Crippen molar-refractivity contribution in [2.45, 2.75) is 5.22 Å². The quantitative estimate of drug-likeness (QED) is 0.658. The summed E-state index contributed by atoms with van der Waals surface area (Å²) in [6.07, 6.45) is 1.54. The predicted molar refractivity (Wildman–Crippen MR) is 92.7 cm³/mol. The summed E-state index contributed by atoms with van der Waals surface area (Å²) in [5, 5.41) is 3.56. The monoisotopic (exact) mass is 362 g/mol. The van der Waals surface area contributed by atoms with Crippen LogP contribution in [-0.4, -0.2) is 16.6 Å². The van der Waals surface area contributed by atoms with Crippen LogP contribution in [0.3, 0.4) is 0 Å². The van der Waals surface area contributed by atoms with Gasteiger partial charge in [-0.25, -0.2) is 9.37 Å². The van der Waals surface area contributed by atoms with Gasteiger partial charge in [-0.1, -0.05) is 35.5 Å². The number of halogens is 2. The smallest absolute Gasteiger partial charge is 0.256 e. The Balaban J connectivity index is 1.58. The molecule has 0 fully saturated rings. The number of amides is 1. The summed E-state index contributed by atoms with van der Waals surface area (Å²) >= 11 is 7.15. The van der Waals surface area contributed by atoms with Crippen molar-refractivity contribution in [2.24, 2.45) is 0 Å². The van der Waals surface area contributed by atoms with Gasteiger partial charge >= 0.3 is 0 Å². The van der Waals surface area contributed by atoms with Crippen LogP contribution in [0.2, 0.25) is 5.02 Å². The predicted octanol–water partition coefficient (Wildman–Crippen LogP) is 4.86. The number of nitrogens with zero attached hydrogens (tertiary/aromatic N) is 1. The number of oxazole rings is 1. The van der Waals surface area contributed by atoms with Crippen molar-refractivity contribution in [3.05, 3.63) is 65.6 Å². The molecule has 3 aromatic rings. The summed E-state index contributed by atoms with van der Waals surface area (Å²) in [6.45, 7) is 0. The van der Waals surface area contributed by atoms with Gasteiger partial charge in [0, 0.05) is 5.56 Å². The maximum absolute atomic E-state index is 12.9. The van der Waals surface area contributed by atoms with Gasteiger partial charge < -0.3 is 9.73 Å². The molecule has 122 valence electrons. The highest BCUT2D eigenvalue weighted by Crippen LogP contribution is 2.26. The molecular weight excluding hydrogens is 351 g/mol. The molecule has 0 aliphatic rings. The third-order valence-corrected chi connectivity index (χ3v) is 4.26. The van der Waals surface area contributed by atoms with E-state index in [1.807, 2.05) is 0 Å². The standard InChI is InChI=1S/C17H12ClFN2O2S/c18-13-3-1-2-4-14(13)21-16(22)10-24-17-20-9-15(23-17)11-5-7-12(19)8-6-11/h1-9H,10H2,(H,21,22). The molecule has 1 heterocycles. The molecule has 1 amide bonds. The molecule has 0 bridgehead atoms. The zero-order valence-corrected chi connectivity index (χ0v) is 13.9. The van der Waals surface area contributed by atoms with E-state index in [1.54, 1.807) is 42.6 Å². The van der Waals surface area contributed by atoms with Crippen LogP contribution in [0.1, 0.15) is 0 Å². The highest BCUT2D eigenvalue weighted by atomic mass is 35.5. The number of anilines is 1. The van der Waals surface area contributed by atoms with Crippen molar-refractivity contribution in [3.8, 4) is 11.3 Å². The van der Waals surface area contributed by atoms with Gasteiger partial charge in [0.05, 0.1) is 22.7 Å². The average molecular weight is 363 g/mol. The number of rotatable bonds is 5. The molecule has 24 heavy (non-hydrogen) atoms. The number of nitrogens with one attached hydrogen (secondary N) is 1. The number of carbonyl (C=O) groups excluding carboxylic acids is 1. The van der Waals surface area contributed by atoms with E-state index in [1.165, 1.54) is 23.9 Å². The molecular formula is C17H12ClFN2O2S. The van der Waals surface area contributed by atoms with Gasteiger partial charge in [-0.3, -0.25) is 4.79 Å².